The smallest absolute Gasteiger partial charge is 0.319 e. The summed E-state index contributed by atoms with van der Waals surface area (Å²) in [6.07, 6.45) is 0.781. The fourth-order valence-electron chi connectivity index (χ4n) is 2.10. The molecule has 0 saturated heterocycles. The molecule has 2 aromatic carbocycles. The number of urea groups is 1. The molecule has 2 rings (SSSR count). The first-order valence-electron chi connectivity index (χ1n) is 7.51. The predicted molar refractivity (Wildman–Crippen MR) is 91.7 cm³/mol. The Labute approximate surface area is 136 Å². The third-order valence-corrected chi connectivity index (χ3v) is 3.45. The number of aryl methyl sites for hydroxylation is 1. The Hall–Kier alpha value is -2.82. The lowest BCUT2D eigenvalue weighted by Crippen LogP contribution is -2.30. The normalized spacial score (nSPS) is 10.0. The Balaban J connectivity index is 1.78. The maximum absolute atomic E-state index is 11.8. The highest BCUT2D eigenvalue weighted by molar-refractivity contribution is 5.95. The van der Waals surface area contributed by atoms with E-state index in [4.69, 9.17) is 0 Å². The van der Waals surface area contributed by atoms with Crippen molar-refractivity contribution < 1.29 is 9.59 Å². The number of anilines is 1. The van der Waals surface area contributed by atoms with Gasteiger partial charge in [0.05, 0.1) is 0 Å². The second-order valence-electron chi connectivity index (χ2n) is 5.27. The van der Waals surface area contributed by atoms with Gasteiger partial charge in [0, 0.05) is 24.8 Å². The van der Waals surface area contributed by atoms with Gasteiger partial charge in [0.15, 0.2) is 0 Å². The van der Waals surface area contributed by atoms with Gasteiger partial charge in [-0.25, -0.2) is 4.79 Å². The number of benzene rings is 2. The van der Waals surface area contributed by atoms with Crippen LogP contribution in [0.2, 0.25) is 0 Å². The second kappa shape index (κ2) is 7.98. The minimum atomic E-state index is -0.259. The van der Waals surface area contributed by atoms with Gasteiger partial charge < -0.3 is 16.0 Å². The van der Waals surface area contributed by atoms with Crippen LogP contribution in [-0.4, -0.2) is 25.5 Å². The van der Waals surface area contributed by atoms with Crippen LogP contribution in [0.4, 0.5) is 10.5 Å². The zero-order valence-corrected chi connectivity index (χ0v) is 13.3. The van der Waals surface area contributed by atoms with Crippen LogP contribution in [0.3, 0.4) is 0 Å². The quantitative estimate of drug-likeness (QED) is 0.794. The van der Waals surface area contributed by atoms with E-state index in [1.807, 2.05) is 6.92 Å². The van der Waals surface area contributed by atoms with Crippen LogP contribution in [0.25, 0.3) is 0 Å². The first-order chi connectivity index (χ1) is 11.1. The molecular weight excluding hydrogens is 290 g/mol. The van der Waals surface area contributed by atoms with Crippen molar-refractivity contribution in [3.8, 4) is 0 Å². The van der Waals surface area contributed by atoms with Gasteiger partial charge in [-0.3, -0.25) is 4.79 Å². The molecule has 0 aliphatic carbocycles. The van der Waals surface area contributed by atoms with Crippen molar-refractivity contribution in [1.82, 2.24) is 10.6 Å². The molecule has 5 nitrogen and oxygen atoms in total. The van der Waals surface area contributed by atoms with Crippen molar-refractivity contribution in [2.75, 3.05) is 18.9 Å². The van der Waals surface area contributed by atoms with E-state index in [0.29, 0.717) is 17.8 Å². The van der Waals surface area contributed by atoms with Crippen molar-refractivity contribution in [2.24, 2.45) is 0 Å². The van der Waals surface area contributed by atoms with E-state index in [2.05, 4.69) is 40.2 Å². The highest BCUT2D eigenvalue weighted by Crippen LogP contribution is 2.09. The van der Waals surface area contributed by atoms with Crippen LogP contribution in [0.15, 0.2) is 48.5 Å². The van der Waals surface area contributed by atoms with E-state index >= 15 is 0 Å². The van der Waals surface area contributed by atoms with E-state index in [1.54, 1.807) is 31.3 Å². The van der Waals surface area contributed by atoms with Gasteiger partial charge in [0.2, 0.25) is 0 Å². The Morgan fingerprint density at radius 2 is 1.61 bits per heavy atom. The summed E-state index contributed by atoms with van der Waals surface area (Å²) in [6, 6.07) is 14.7. The van der Waals surface area contributed by atoms with Crippen molar-refractivity contribution in [2.45, 2.75) is 13.3 Å². The first kappa shape index (κ1) is 16.5. The Morgan fingerprint density at radius 1 is 0.957 bits per heavy atom. The van der Waals surface area contributed by atoms with Gasteiger partial charge in [-0.1, -0.05) is 29.8 Å². The molecule has 0 atom stereocenters. The van der Waals surface area contributed by atoms with E-state index < -0.39 is 0 Å². The maximum atomic E-state index is 11.8. The first-order valence-corrected chi connectivity index (χ1v) is 7.51. The molecule has 3 amide bonds. The van der Waals surface area contributed by atoms with Crippen LogP contribution in [0.1, 0.15) is 21.5 Å². The van der Waals surface area contributed by atoms with Gasteiger partial charge in [0.25, 0.3) is 5.91 Å². The van der Waals surface area contributed by atoms with Gasteiger partial charge in [0.1, 0.15) is 0 Å². The zero-order chi connectivity index (χ0) is 16.7. The molecule has 0 spiro atoms. The lowest BCUT2D eigenvalue weighted by Gasteiger charge is -2.08. The summed E-state index contributed by atoms with van der Waals surface area (Å²) in [5, 5.41) is 8.10. The minimum absolute atomic E-state index is 0.154. The third-order valence-electron chi connectivity index (χ3n) is 3.45. The Bertz CT molecular complexity index is 664. The lowest BCUT2D eigenvalue weighted by molar-refractivity contribution is 0.0963. The molecule has 0 aliphatic rings. The molecule has 5 heteroatoms. The van der Waals surface area contributed by atoms with Crippen molar-refractivity contribution in [3.63, 3.8) is 0 Å². The summed E-state index contributed by atoms with van der Waals surface area (Å²) in [7, 11) is 1.58. The average molecular weight is 311 g/mol. The lowest BCUT2D eigenvalue weighted by atomic mass is 10.1. The molecule has 0 aliphatic heterocycles. The number of hydrogen-bond acceptors (Lipinski definition) is 2. The Morgan fingerprint density at radius 3 is 2.22 bits per heavy atom. The highest BCUT2D eigenvalue weighted by atomic mass is 16.2. The molecule has 0 saturated carbocycles. The molecule has 120 valence electrons. The van der Waals surface area contributed by atoms with Gasteiger partial charge in [-0.15, -0.1) is 0 Å². The second-order valence-corrected chi connectivity index (χ2v) is 5.27. The molecular formula is C18H21N3O2. The molecule has 0 unspecified atom stereocenters. The SMILES string of the molecule is CNC(=O)c1ccc(NC(=O)NCCc2ccc(C)cc2)cc1. The number of nitrogens with one attached hydrogen (secondary N) is 3. The molecule has 0 bridgehead atoms. The molecule has 23 heavy (non-hydrogen) atoms. The van der Waals surface area contributed by atoms with E-state index in [-0.39, 0.29) is 11.9 Å². The molecule has 2 aromatic rings. The van der Waals surface area contributed by atoms with Crippen molar-refractivity contribution in [3.05, 3.63) is 65.2 Å². The summed E-state index contributed by atoms with van der Waals surface area (Å²) in [6.45, 7) is 2.61. The Kier molecular flexibility index (Phi) is 5.74. The molecule has 0 fully saturated rings. The van der Waals surface area contributed by atoms with Gasteiger partial charge in [-0.05, 0) is 43.2 Å². The molecule has 0 aromatic heterocycles. The average Bonchev–Trinajstić information content (AvgIpc) is 2.56. The van der Waals surface area contributed by atoms with Gasteiger partial charge >= 0.3 is 6.03 Å². The predicted octanol–water partition coefficient (Wildman–Crippen LogP) is 2.72. The van der Waals surface area contributed by atoms with Crippen molar-refractivity contribution in [1.29, 1.82) is 0 Å². The van der Waals surface area contributed by atoms with E-state index in [9.17, 15) is 9.59 Å². The number of hydrogen-bond donors (Lipinski definition) is 3. The summed E-state index contributed by atoms with van der Waals surface area (Å²) in [4.78, 5) is 23.3. The summed E-state index contributed by atoms with van der Waals surface area (Å²) < 4.78 is 0. The van der Waals surface area contributed by atoms with Gasteiger partial charge in [-0.2, -0.15) is 0 Å². The third kappa shape index (κ3) is 5.14. The monoisotopic (exact) mass is 311 g/mol. The fraction of sp³-hybridized carbons (Fsp3) is 0.222. The molecule has 0 radical (unpaired) electrons. The number of amides is 3. The number of carbonyl (C=O) groups excluding carboxylic acids is 2. The summed E-state index contributed by atoms with van der Waals surface area (Å²) in [5.74, 6) is -0.154. The number of carbonyl (C=O) groups is 2. The highest BCUT2D eigenvalue weighted by Gasteiger charge is 2.04. The maximum Gasteiger partial charge on any atom is 0.319 e. The van der Waals surface area contributed by atoms with Crippen LogP contribution < -0.4 is 16.0 Å². The van der Waals surface area contributed by atoms with Crippen LogP contribution in [-0.2, 0) is 6.42 Å². The largest absolute Gasteiger partial charge is 0.355 e. The van der Waals surface area contributed by atoms with Crippen LogP contribution in [0.5, 0.6) is 0 Å². The summed E-state index contributed by atoms with van der Waals surface area (Å²) >= 11 is 0. The molecule has 3 N–H and O–H groups in total. The van der Waals surface area contributed by atoms with Crippen LogP contribution >= 0.6 is 0 Å². The fourth-order valence-corrected chi connectivity index (χ4v) is 2.10. The minimum Gasteiger partial charge on any atom is -0.355 e. The van der Waals surface area contributed by atoms with E-state index in [1.165, 1.54) is 11.1 Å². The number of rotatable bonds is 5. The molecule has 0 heterocycles. The zero-order valence-electron chi connectivity index (χ0n) is 13.3. The summed E-state index contributed by atoms with van der Waals surface area (Å²) in [5.41, 5.74) is 3.61. The topological polar surface area (TPSA) is 70.2 Å². The van der Waals surface area contributed by atoms with Crippen molar-refractivity contribution >= 4 is 17.6 Å². The standard InChI is InChI=1S/C18H21N3O2/c1-13-3-5-14(6-4-13)11-12-20-18(23)21-16-9-7-15(8-10-16)17(22)19-2/h3-10H,11-12H2,1-2H3,(H,19,22)(H2,20,21,23). The van der Waals surface area contributed by atoms with E-state index in [0.717, 1.165) is 6.42 Å². The van der Waals surface area contributed by atoms with Crippen LogP contribution in [0, 0.1) is 6.92 Å².